The Hall–Kier alpha value is -2.59. The summed E-state index contributed by atoms with van der Waals surface area (Å²) in [5.41, 5.74) is 5.02. The van der Waals surface area contributed by atoms with Gasteiger partial charge in [0.25, 0.3) is 5.91 Å². The molecule has 0 unspecified atom stereocenters. The summed E-state index contributed by atoms with van der Waals surface area (Å²) < 4.78 is 2.12. The molecule has 0 fully saturated rings. The van der Waals surface area contributed by atoms with Crippen molar-refractivity contribution in [3.8, 4) is 0 Å². The van der Waals surface area contributed by atoms with Crippen molar-refractivity contribution in [3.05, 3.63) is 71.9 Å². The standard InChI is InChI=1S/C16H15N3O/c17-18-16(20)14-7-4-8-15-13(14)9-10-19(15)11-12-5-2-1-3-6-12/h1-10H,11,17H2,(H,18,20). The molecule has 3 N–H and O–H groups in total. The SMILES string of the molecule is NNC(=O)c1cccc2c1ccn2Cc1ccccc1. The van der Waals surface area contributed by atoms with Gasteiger partial charge in [-0.1, -0.05) is 36.4 Å². The van der Waals surface area contributed by atoms with E-state index < -0.39 is 0 Å². The highest BCUT2D eigenvalue weighted by molar-refractivity contribution is 6.06. The Morgan fingerprint density at radius 3 is 2.60 bits per heavy atom. The summed E-state index contributed by atoms with van der Waals surface area (Å²) in [6.07, 6.45) is 1.99. The zero-order chi connectivity index (χ0) is 13.9. The monoisotopic (exact) mass is 265 g/mol. The van der Waals surface area contributed by atoms with Crippen molar-refractivity contribution in [2.75, 3.05) is 0 Å². The Morgan fingerprint density at radius 2 is 1.85 bits per heavy atom. The number of hydrogen-bond acceptors (Lipinski definition) is 2. The Balaban J connectivity index is 2.04. The van der Waals surface area contributed by atoms with E-state index in [4.69, 9.17) is 5.84 Å². The van der Waals surface area contributed by atoms with Crippen molar-refractivity contribution in [1.29, 1.82) is 0 Å². The highest BCUT2D eigenvalue weighted by Crippen LogP contribution is 2.21. The first-order valence-electron chi connectivity index (χ1n) is 6.42. The van der Waals surface area contributed by atoms with E-state index in [1.54, 1.807) is 6.07 Å². The van der Waals surface area contributed by atoms with Gasteiger partial charge < -0.3 is 4.57 Å². The number of aromatic nitrogens is 1. The Morgan fingerprint density at radius 1 is 1.05 bits per heavy atom. The molecular weight excluding hydrogens is 250 g/mol. The molecule has 0 aliphatic rings. The second-order valence-corrected chi connectivity index (χ2v) is 4.64. The van der Waals surface area contributed by atoms with Crippen molar-refractivity contribution in [2.45, 2.75) is 6.54 Å². The summed E-state index contributed by atoms with van der Waals surface area (Å²) in [5, 5.41) is 0.909. The van der Waals surface area contributed by atoms with Gasteiger partial charge in [0, 0.05) is 23.6 Å². The topological polar surface area (TPSA) is 60.0 Å². The van der Waals surface area contributed by atoms with E-state index in [0.717, 1.165) is 17.4 Å². The number of carbonyl (C=O) groups excluding carboxylic acids is 1. The van der Waals surface area contributed by atoms with Crippen molar-refractivity contribution in [1.82, 2.24) is 9.99 Å². The number of hydrogen-bond donors (Lipinski definition) is 2. The number of nitrogens with zero attached hydrogens (tertiary/aromatic N) is 1. The van der Waals surface area contributed by atoms with Gasteiger partial charge in [0.05, 0.1) is 5.56 Å². The van der Waals surface area contributed by atoms with E-state index in [2.05, 4.69) is 22.1 Å². The number of fused-ring (bicyclic) bond motifs is 1. The molecular formula is C16H15N3O. The molecule has 4 heteroatoms. The average molecular weight is 265 g/mol. The Kier molecular flexibility index (Phi) is 3.23. The summed E-state index contributed by atoms with van der Waals surface area (Å²) in [6.45, 7) is 0.776. The molecule has 1 aromatic heterocycles. The number of hydrazine groups is 1. The normalized spacial score (nSPS) is 10.7. The second-order valence-electron chi connectivity index (χ2n) is 4.64. The molecule has 2 aromatic carbocycles. The molecule has 1 amide bonds. The van der Waals surface area contributed by atoms with Gasteiger partial charge in [-0.05, 0) is 23.8 Å². The molecule has 0 atom stereocenters. The molecule has 3 aromatic rings. The van der Waals surface area contributed by atoms with E-state index >= 15 is 0 Å². The first-order chi connectivity index (χ1) is 9.79. The Bertz CT molecular complexity index is 747. The highest BCUT2D eigenvalue weighted by atomic mass is 16.2. The van der Waals surface area contributed by atoms with Crippen LogP contribution in [0, 0.1) is 0 Å². The molecule has 0 aliphatic carbocycles. The highest BCUT2D eigenvalue weighted by Gasteiger charge is 2.11. The van der Waals surface area contributed by atoms with Gasteiger partial charge >= 0.3 is 0 Å². The maximum absolute atomic E-state index is 11.7. The van der Waals surface area contributed by atoms with E-state index in [1.165, 1.54) is 5.56 Å². The number of amides is 1. The van der Waals surface area contributed by atoms with Crippen LogP contribution in [0.5, 0.6) is 0 Å². The van der Waals surface area contributed by atoms with Crippen molar-refractivity contribution in [3.63, 3.8) is 0 Å². The van der Waals surface area contributed by atoms with Crippen LogP contribution < -0.4 is 11.3 Å². The fourth-order valence-corrected chi connectivity index (χ4v) is 2.42. The lowest BCUT2D eigenvalue weighted by Crippen LogP contribution is -2.30. The zero-order valence-corrected chi connectivity index (χ0v) is 10.9. The molecule has 0 radical (unpaired) electrons. The number of rotatable bonds is 3. The van der Waals surface area contributed by atoms with Gasteiger partial charge in [-0.3, -0.25) is 10.2 Å². The minimum atomic E-state index is -0.270. The van der Waals surface area contributed by atoms with Crippen LogP contribution in [0.2, 0.25) is 0 Å². The van der Waals surface area contributed by atoms with Gasteiger partial charge in [-0.15, -0.1) is 0 Å². The molecule has 0 saturated heterocycles. The van der Waals surface area contributed by atoms with Gasteiger partial charge in [-0.25, -0.2) is 5.84 Å². The smallest absolute Gasteiger partial charge is 0.265 e. The summed E-state index contributed by atoms with van der Waals surface area (Å²) in [7, 11) is 0. The minimum absolute atomic E-state index is 0.270. The van der Waals surface area contributed by atoms with Crippen LogP contribution in [0.15, 0.2) is 60.8 Å². The average Bonchev–Trinajstić information content (AvgIpc) is 2.91. The van der Waals surface area contributed by atoms with Crippen LogP contribution in [0.4, 0.5) is 0 Å². The molecule has 100 valence electrons. The first-order valence-corrected chi connectivity index (χ1v) is 6.42. The van der Waals surface area contributed by atoms with Crippen molar-refractivity contribution in [2.24, 2.45) is 5.84 Å². The fraction of sp³-hybridized carbons (Fsp3) is 0.0625. The lowest BCUT2D eigenvalue weighted by molar-refractivity contribution is 0.0955. The molecule has 4 nitrogen and oxygen atoms in total. The number of benzene rings is 2. The number of nitrogens with two attached hydrogens (primary N) is 1. The number of nitrogens with one attached hydrogen (secondary N) is 1. The van der Waals surface area contributed by atoms with Gasteiger partial charge in [0.2, 0.25) is 0 Å². The summed E-state index contributed by atoms with van der Waals surface area (Å²) in [4.78, 5) is 11.7. The third kappa shape index (κ3) is 2.17. The summed E-state index contributed by atoms with van der Waals surface area (Å²) in [6, 6.07) is 17.8. The van der Waals surface area contributed by atoms with Gasteiger partial charge in [0.15, 0.2) is 0 Å². The number of carbonyl (C=O) groups is 1. The van der Waals surface area contributed by atoms with Gasteiger partial charge in [-0.2, -0.15) is 0 Å². The molecule has 1 heterocycles. The molecule has 20 heavy (non-hydrogen) atoms. The van der Waals surface area contributed by atoms with Crippen LogP contribution in [0.3, 0.4) is 0 Å². The van der Waals surface area contributed by atoms with Crippen molar-refractivity contribution >= 4 is 16.8 Å². The maximum Gasteiger partial charge on any atom is 0.265 e. The molecule has 0 spiro atoms. The van der Waals surface area contributed by atoms with E-state index in [1.807, 2.05) is 42.6 Å². The molecule has 0 aliphatic heterocycles. The third-order valence-electron chi connectivity index (χ3n) is 3.39. The fourth-order valence-electron chi connectivity index (χ4n) is 2.42. The van der Waals surface area contributed by atoms with E-state index in [9.17, 15) is 4.79 Å². The largest absolute Gasteiger partial charge is 0.343 e. The first kappa shape index (κ1) is 12.4. The lowest BCUT2D eigenvalue weighted by atomic mass is 10.1. The second kappa shape index (κ2) is 5.19. The van der Waals surface area contributed by atoms with E-state index in [0.29, 0.717) is 5.56 Å². The summed E-state index contributed by atoms with van der Waals surface area (Å²) in [5.74, 6) is 4.95. The lowest BCUT2D eigenvalue weighted by Gasteiger charge is -2.07. The van der Waals surface area contributed by atoms with Crippen molar-refractivity contribution < 1.29 is 4.79 Å². The molecule has 0 bridgehead atoms. The third-order valence-corrected chi connectivity index (χ3v) is 3.39. The predicted molar refractivity (Wildman–Crippen MR) is 79.1 cm³/mol. The number of nitrogen functional groups attached to an aromatic ring is 1. The zero-order valence-electron chi connectivity index (χ0n) is 10.9. The molecule has 3 rings (SSSR count). The molecule has 0 saturated carbocycles. The van der Waals surface area contributed by atoms with Crippen LogP contribution in [-0.2, 0) is 6.54 Å². The van der Waals surface area contributed by atoms with Crippen LogP contribution in [0.1, 0.15) is 15.9 Å². The minimum Gasteiger partial charge on any atom is -0.343 e. The Labute approximate surface area is 116 Å². The van der Waals surface area contributed by atoms with E-state index in [-0.39, 0.29) is 5.91 Å². The van der Waals surface area contributed by atoms with Crippen LogP contribution in [-0.4, -0.2) is 10.5 Å². The quantitative estimate of drug-likeness (QED) is 0.433. The van der Waals surface area contributed by atoms with Gasteiger partial charge in [0.1, 0.15) is 0 Å². The van der Waals surface area contributed by atoms with Crippen LogP contribution >= 0.6 is 0 Å². The maximum atomic E-state index is 11.7. The predicted octanol–water partition coefficient (Wildman–Crippen LogP) is 2.29. The van der Waals surface area contributed by atoms with Crippen LogP contribution in [0.25, 0.3) is 10.9 Å². The summed E-state index contributed by atoms with van der Waals surface area (Å²) >= 11 is 0.